The van der Waals surface area contributed by atoms with Crippen LogP contribution in [0.25, 0.3) is 0 Å². The molecule has 7 nitrogen and oxygen atoms in total. The summed E-state index contributed by atoms with van der Waals surface area (Å²) < 4.78 is 27.4. The summed E-state index contributed by atoms with van der Waals surface area (Å²) in [5.41, 5.74) is 0.843. The Balaban J connectivity index is 1.63. The van der Waals surface area contributed by atoms with Crippen LogP contribution in [-0.2, 0) is 14.8 Å². The molecule has 166 valence electrons. The maximum atomic E-state index is 12.9. The van der Waals surface area contributed by atoms with Crippen molar-refractivity contribution >= 4 is 27.5 Å². The van der Waals surface area contributed by atoms with E-state index in [9.17, 15) is 18.0 Å². The molecule has 0 saturated carbocycles. The smallest absolute Gasteiger partial charge is 0.261 e. The van der Waals surface area contributed by atoms with Crippen molar-refractivity contribution in [2.45, 2.75) is 31.6 Å². The van der Waals surface area contributed by atoms with E-state index in [-0.39, 0.29) is 22.6 Å². The molecule has 1 heterocycles. The molecule has 2 N–H and O–H groups in total. The molecule has 0 aromatic heterocycles. The van der Waals surface area contributed by atoms with Gasteiger partial charge >= 0.3 is 0 Å². The first-order valence-electron chi connectivity index (χ1n) is 10.5. The molecule has 2 aromatic rings. The Morgan fingerprint density at radius 2 is 1.74 bits per heavy atom. The van der Waals surface area contributed by atoms with Crippen LogP contribution in [0, 0.1) is 11.8 Å². The lowest BCUT2D eigenvalue weighted by molar-refractivity contribution is -0.126. The molecule has 1 saturated heterocycles. The molecule has 2 aromatic carbocycles. The lowest BCUT2D eigenvalue weighted by Gasteiger charge is -2.32. The van der Waals surface area contributed by atoms with Crippen LogP contribution in [-0.4, -0.2) is 44.8 Å². The van der Waals surface area contributed by atoms with Gasteiger partial charge in [-0.3, -0.25) is 14.3 Å². The number of likely N-dealkylation sites (tertiary alicyclic amines) is 1. The third kappa shape index (κ3) is 6.07. The lowest BCUT2D eigenvalue weighted by Crippen LogP contribution is -2.46. The highest BCUT2D eigenvalue weighted by molar-refractivity contribution is 7.92. The van der Waals surface area contributed by atoms with Gasteiger partial charge in [-0.25, -0.2) is 8.42 Å². The van der Waals surface area contributed by atoms with Crippen LogP contribution < -0.4 is 10.0 Å². The van der Waals surface area contributed by atoms with E-state index in [2.05, 4.69) is 10.0 Å². The molecule has 0 spiro atoms. The first kappa shape index (κ1) is 22.8. The van der Waals surface area contributed by atoms with E-state index in [1.54, 1.807) is 47.4 Å². The lowest BCUT2D eigenvalue weighted by atomic mass is 9.96. The molecule has 2 amide bonds. The fraction of sp³-hybridized carbons (Fsp3) is 0.391. The summed E-state index contributed by atoms with van der Waals surface area (Å²) in [7, 11) is -3.69. The third-order valence-electron chi connectivity index (χ3n) is 5.20. The van der Waals surface area contributed by atoms with E-state index in [4.69, 9.17) is 0 Å². The summed E-state index contributed by atoms with van der Waals surface area (Å²) in [4.78, 5) is 27.2. The average Bonchev–Trinajstić information content (AvgIpc) is 2.78. The van der Waals surface area contributed by atoms with Crippen LogP contribution in [0.5, 0.6) is 0 Å². The van der Waals surface area contributed by atoms with Crippen molar-refractivity contribution in [3.05, 3.63) is 60.2 Å². The van der Waals surface area contributed by atoms with Gasteiger partial charge in [0.05, 0.1) is 10.8 Å². The Labute approximate surface area is 183 Å². The number of hydrogen-bond acceptors (Lipinski definition) is 4. The van der Waals surface area contributed by atoms with Gasteiger partial charge in [0.15, 0.2) is 0 Å². The molecule has 1 unspecified atom stereocenters. The minimum Gasteiger partial charge on any atom is -0.356 e. The van der Waals surface area contributed by atoms with Gasteiger partial charge in [0, 0.05) is 30.9 Å². The summed E-state index contributed by atoms with van der Waals surface area (Å²) in [6, 6.07) is 14.5. The topological polar surface area (TPSA) is 95.6 Å². The van der Waals surface area contributed by atoms with Gasteiger partial charge in [0.1, 0.15) is 0 Å². The van der Waals surface area contributed by atoms with E-state index in [1.165, 1.54) is 12.1 Å². The number of sulfonamides is 1. The van der Waals surface area contributed by atoms with E-state index < -0.39 is 10.0 Å². The molecule has 8 heteroatoms. The summed E-state index contributed by atoms with van der Waals surface area (Å²) in [5, 5.41) is 2.95. The van der Waals surface area contributed by atoms with Gasteiger partial charge in [0.2, 0.25) is 5.91 Å². The molecule has 31 heavy (non-hydrogen) atoms. The zero-order chi connectivity index (χ0) is 22.4. The predicted octanol–water partition coefficient (Wildman–Crippen LogP) is 3.11. The number of hydrogen-bond donors (Lipinski definition) is 2. The number of piperidine rings is 1. The normalized spacial score (nSPS) is 16.7. The second-order valence-electron chi connectivity index (χ2n) is 8.23. The monoisotopic (exact) mass is 443 g/mol. The summed E-state index contributed by atoms with van der Waals surface area (Å²) in [5.74, 6) is 0.0206. The van der Waals surface area contributed by atoms with E-state index in [0.29, 0.717) is 36.8 Å². The Kier molecular flexibility index (Phi) is 7.33. The van der Waals surface area contributed by atoms with Crippen molar-refractivity contribution in [2.75, 3.05) is 24.4 Å². The molecular formula is C23H29N3O4S. The van der Waals surface area contributed by atoms with Gasteiger partial charge < -0.3 is 10.2 Å². The van der Waals surface area contributed by atoms with Crippen LogP contribution in [0.2, 0.25) is 0 Å². The molecular weight excluding hydrogens is 414 g/mol. The number of amides is 2. The Hall–Kier alpha value is -2.87. The van der Waals surface area contributed by atoms with Crippen LogP contribution in [0.1, 0.15) is 37.0 Å². The Morgan fingerprint density at radius 1 is 1.06 bits per heavy atom. The van der Waals surface area contributed by atoms with Gasteiger partial charge in [-0.15, -0.1) is 0 Å². The zero-order valence-corrected chi connectivity index (χ0v) is 18.7. The van der Waals surface area contributed by atoms with Gasteiger partial charge in [-0.2, -0.15) is 0 Å². The fourth-order valence-corrected chi connectivity index (χ4v) is 4.58. The van der Waals surface area contributed by atoms with E-state index >= 15 is 0 Å². The van der Waals surface area contributed by atoms with Crippen molar-refractivity contribution < 1.29 is 18.0 Å². The first-order chi connectivity index (χ1) is 14.8. The zero-order valence-electron chi connectivity index (χ0n) is 17.9. The molecule has 1 aliphatic heterocycles. The highest BCUT2D eigenvalue weighted by Crippen LogP contribution is 2.21. The van der Waals surface area contributed by atoms with Crippen molar-refractivity contribution in [1.29, 1.82) is 0 Å². The summed E-state index contributed by atoms with van der Waals surface area (Å²) in [6.45, 7) is 5.71. The predicted molar refractivity (Wildman–Crippen MR) is 120 cm³/mol. The third-order valence-corrected chi connectivity index (χ3v) is 6.60. The molecule has 3 rings (SSSR count). The molecule has 0 bridgehead atoms. The molecule has 0 radical (unpaired) electrons. The largest absolute Gasteiger partial charge is 0.356 e. The Bertz CT molecular complexity index is 1000. The highest BCUT2D eigenvalue weighted by atomic mass is 32.2. The van der Waals surface area contributed by atoms with Gasteiger partial charge in [-0.1, -0.05) is 32.0 Å². The quantitative estimate of drug-likeness (QED) is 0.687. The minimum absolute atomic E-state index is 0.00290. The van der Waals surface area contributed by atoms with Crippen LogP contribution >= 0.6 is 0 Å². The number of benzene rings is 2. The van der Waals surface area contributed by atoms with Crippen LogP contribution in [0.15, 0.2) is 59.5 Å². The maximum Gasteiger partial charge on any atom is 0.261 e. The second kappa shape index (κ2) is 9.96. The van der Waals surface area contributed by atoms with Gasteiger partial charge in [-0.05, 0) is 55.2 Å². The number of rotatable bonds is 7. The molecule has 1 fully saturated rings. The van der Waals surface area contributed by atoms with Gasteiger partial charge in [0.25, 0.3) is 15.9 Å². The van der Waals surface area contributed by atoms with Crippen LogP contribution in [0.4, 0.5) is 5.69 Å². The molecule has 1 atom stereocenters. The van der Waals surface area contributed by atoms with Crippen LogP contribution in [0.3, 0.4) is 0 Å². The SMILES string of the molecule is CC(C)CNC(=O)C1CCCN(C(=O)c2ccc(NS(=O)(=O)c3ccccc3)cc2)C1. The van der Waals surface area contributed by atoms with Crippen molar-refractivity contribution in [3.63, 3.8) is 0 Å². The maximum absolute atomic E-state index is 12.9. The van der Waals surface area contributed by atoms with Crippen molar-refractivity contribution in [2.24, 2.45) is 11.8 Å². The average molecular weight is 444 g/mol. The number of carbonyl (C=O) groups is 2. The Morgan fingerprint density at radius 3 is 2.39 bits per heavy atom. The number of nitrogens with zero attached hydrogens (tertiary/aromatic N) is 1. The molecule has 0 aliphatic carbocycles. The number of carbonyl (C=O) groups excluding carboxylic acids is 2. The van der Waals surface area contributed by atoms with Crippen molar-refractivity contribution in [1.82, 2.24) is 10.2 Å². The summed E-state index contributed by atoms with van der Waals surface area (Å²) >= 11 is 0. The minimum atomic E-state index is -3.69. The van der Waals surface area contributed by atoms with E-state index in [1.807, 2.05) is 13.8 Å². The number of nitrogens with one attached hydrogen (secondary N) is 2. The van der Waals surface area contributed by atoms with Crippen molar-refractivity contribution in [3.8, 4) is 0 Å². The highest BCUT2D eigenvalue weighted by Gasteiger charge is 2.29. The second-order valence-corrected chi connectivity index (χ2v) is 9.91. The standard InChI is InChI=1S/C23H29N3O4S/c1-17(2)15-24-22(27)19-7-6-14-26(16-19)23(28)18-10-12-20(13-11-18)25-31(29,30)21-8-4-3-5-9-21/h3-5,8-13,17,19,25H,6-7,14-16H2,1-2H3,(H,24,27). The summed E-state index contributed by atoms with van der Waals surface area (Å²) in [6.07, 6.45) is 1.55. The first-order valence-corrected chi connectivity index (χ1v) is 12.0. The number of anilines is 1. The fourth-order valence-electron chi connectivity index (χ4n) is 3.50. The van der Waals surface area contributed by atoms with E-state index in [0.717, 1.165) is 12.8 Å². The molecule has 1 aliphatic rings.